The number of nitrogens with zero attached hydrogens (tertiary/aromatic N) is 4. The fourth-order valence-corrected chi connectivity index (χ4v) is 4.55. The van der Waals surface area contributed by atoms with Crippen molar-refractivity contribution in [2.24, 2.45) is 11.8 Å². The van der Waals surface area contributed by atoms with Gasteiger partial charge >= 0.3 is 0 Å². The quantitative estimate of drug-likeness (QED) is 0.814. The monoisotopic (exact) mass is 413 g/mol. The first kappa shape index (κ1) is 20.0. The van der Waals surface area contributed by atoms with Crippen molar-refractivity contribution in [1.82, 2.24) is 15.3 Å². The van der Waals surface area contributed by atoms with E-state index >= 15 is 0 Å². The summed E-state index contributed by atoms with van der Waals surface area (Å²) in [5.74, 6) is 1.50. The van der Waals surface area contributed by atoms with Crippen LogP contribution in [0.25, 0.3) is 0 Å². The topological polar surface area (TPSA) is 61.4 Å². The van der Waals surface area contributed by atoms with Crippen LogP contribution < -0.4 is 15.1 Å². The number of carbonyl (C=O) groups is 1. The predicted molar refractivity (Wildman–Crippen MR) is 116 cm³/mol. The Bertz CT molecular complexity index is 846. The maximum Gasteiger partial charge on any atom is 0.224 e. The average Bonchev–Trinajstić information content (AvgIpc) is 3.23. The Hall–Kier alpha value is -2.34. The number of hydrogen-bond donors (Lipinski definition) is 1. The Morgan fingerprint density at radius 2 is 2.10 bits per heavy atom. The van der Waals surface area contributed by atoms with Crippen LogP contribution in [0.2, 0.25) is 5.02 Å². The van der Waals surface area contributed by atoms with Crippen molar-refractivity contribution in [3.05, 3.63) is 47.4 Å². The molecule has 7 heteroatoms. The maximum absolute atomic E-state index is 12.8. The van der Waals surface area contributed by atoms with E-state index in [1.54, 1.807) is 18.6 Å². The number of nitrogens with one attached hydrogen (secondary N) is 1. The van der Waals surface area contributed by atoms with Crippen molar-refractivity contribution in [2.75, 3.05) is 42.5 Å². The van der Waals surface area contributed by atoms with E-state index in [-0.39, 0.29) is 11.8 Å². The number of aryl methyl sites for hydroxylation is 1. The number of hydrogen-bond acceptors (Lipinski definition) is 5. The number of amides is 1. The summed E-state index contributed by atoms with van der Waals surface area (Å²) in [4.78, 5) is 25.8. The molecule has 6 nitrogen and oxygen atoms in total. The molecule has 2 aliphatic heterocycles. The van der Waals surface area contributed by atoms with Crippen molar-refractivity contribution in [3.8, 4) is 0 Å². The molecule has 1 aromatic carbocycles. The fraction of sp³-hybridized carbons (Fsp3) is 0.500. The van der Waals surface area contributed by atoms with E-state index in [2.05, 4.69) is 38.1 Å². The first-order valence-electron chi connectivity index (χ1n) is 10.4. The summed E-state index contributed by atoms with van der Waals surface area (Å²) in [6, 6.07) is 6.04. The fourth-order valence-electron chi connectivity index (χ4n) is 4.38. The van der Waals surface area contributed by atoms with Crippen LogP contribution in [0.3, 0.4) is 0 Å². The highest BCUT2D eigenvalue weighted by Crippen LogP contribution is 2.29. The molecular formula is C22H28ClN5O. The number of carbonyl (C=O) groups excluding carboxylic acids is 1. The zero-order valence-corrected chi connectivity index (χ0v) is 17.6. The molecule has 2 aromatic rings. The van der Waals surface area contributed by atoms with Gasteiger partial charge < -0.3 is 15.1 Å². The second kappa shape index (κ2) is 8.99. The van der Waals surface area contributed by atoms with Gasteiger partial charge in [0.1, 0.15) is 5.82 Å². The number of benzene rings is 1. The molecule has 1 N–H and O–H groups in total. The molecule has 154 valence electrons. The van der Waals surface area contributed by atoms with Crippen molar-refractivity contribution >= 4 is 29.0 Å². The van der Waals surface area contributed by atoms with Gasteiger partial charge in [-0.3, -0.25) is 9.78 Å². The third-order valence-electron chi connectivity index (χ3n) is 6.03. The molecule has 0 aliphatic carbocycles. The largest absolute Gasteiger partial charge is 0.371 e. The first-order valence-corrected chi connectivity index (χ1v) is 10.8. The van der Waals surface area contributed by atoms with Gasteiger partial charge in [-0.05, 0) is 49.8 Å². The van der Waals surface area contributed by atoms with Crippen LogP contribution in [0, 0.1) is 18.8 Å². The molecule has 4 rings (SSSR count). The zero-order chi connectivity index (χ0) is 20.2. The van der Waals surface area contributed by atoms with Gasteiger partial charge in [0, 0.05) is 55.8 Å². The van der Waals surface area contributed by atoms with Crippen LogP contribution >= 0.6 is 11.6 Å². The van der Waals surface area contributed by atoms with Crippen LogP contribution in [0.4, 0.5) is 11.5 Å². The number of anilines is 2. The molecule has 2 unspecified atom stereocenters. The third-order valence-corrected chi connectivity index (χ3v) is 6.26. The highest BCUT2D eigenvalue weighted by atomic mass is 35.5. The van der Waals surface area contributed by atoms with Crippen LogP contribution in [0.5, 0.6) is 0 Å². The molecule has 2 atom stereocenters. The smallest absolute Gasteiger partial charge is 0.224 e. The zero-order valence-electron chi connectivity index (χ0n) is 16.9. The lowest BCUT2D eigenvalue weighted by Gasteiger charge is -2.32. The highest BCUT2D eigenvalue weighted by molar-refractivity contribution is 6.30. The Labute approximate surface area is 177 Å². The Kier molecular flexibility index (Phi) is 6.19. The molecular weight excluding hydrogens is 386 g/mol. The number of halogens is 1. The van der Waals surface area contributed by atoms with Crippen molar-refractivity contribution < 1.29 is 4.79 Å². The molecule has 0 bridgehead atoms. The van der Waals surface area contributed by atoms with Gasteiger partial charge in [0.25, 0.3) is 0 Å². The molecule has 3 heterocycles. The summed E-state index contributed by atoms with van der Waals surface area (Å²) < 4.78 is 0. The summed E-state index contributed by atoms with van der Waals surface area (Å²) in [7, 11) is 0. The van der Waals surface area contributed by atoms with Gasteiger partial charge in [-0.25, -0.2) is 4.98 Å². The first-order chi connectivity index (χ1) is 14.1. The summed E-state index contributed by atoms with van der Waals surface area (Å²) >= 11 is 6.18. The van der Waals surface area contributed by atoms with E-state index in [4.69, 9.17) is 11.6 Å². The number of rotatable bonds is 5. The molecule has 1 aromatic heterocycles. The third kappa shape index (κ3) is 4.81. The lowest BCUT2D eigenvalue weighted by atomic mass is 9.97. The Morgan fingerprint density at radius 1 is 1.21 bits per heavy atom. The number of aromatic nitrogens is 2. The van der Waals surface area contributed by atoms with E-state index in [0.29, 0.717) is 12.5 Å². The van der Waals surface area contributed by atoms with E-state index in [1.807, 2.05) is 12.1 Å². The van der Waals surface area contributed by atoms with Gasteiger partial charge in [0.05, 0.1) is 12.1 Å². The standard InChI is InChI=1S/C22H28ClN5O/c1-16-4-5-19(23)11-20(16)27-10-6-17(14-27)12-26-22(29)18-3-2-9-28(15-18)21-13-24-7-8-25-21/h4-5,7-8,11,13,17-18H,2-3,6,9-10,12,14-15H2,1H3,(H,26,29). The minimum absolute atomic E-state index is 0.0124. The second-order valence-corrected chi connectivity index (χ2v) is 8.56. The van der Waals surface area contributed by atoms with Gasteiger partial charge in [-0.1, -0.05) is 17.7 Å². The number of piperidine rings is 1. The van der Waals surface area contributed by atoms with Gasteiger partial charge in [-0.2, -0.15) is 0 Å². The van der Waals surface area contributed by atoms with Gasteiger partial charge in [0.2, 0.25) is 5.91 Å². The van der Waals surface area contributed by atoms with Crippen molar-refractivity contribution in [2.45, 2.75) is 26.2 Å². The van der Waals surface area contributed by atoms with Crippen LogP contribution in [-0.2, 0) is 4.79 Å². The SMILES string of the molecule is Cc1ccc(Cl)cc1N1CCC(CNC(=O)C2CCCN(c3cnccn3)C2)C1. The highest BCUT2D eigenvalue weighted by Gasteiger charge is 2.28. The Balaban J connectivity index is 1.28. The minimum atomic E-state index is 0.0124. The molecule has 1 amide bonds. The van der Waals surface area contributed by atoms with Gasteiger partial charge in [-0.15, -0.1) is 0 Å². The predicted octanol–water partition coefficient (Wildman–Crippen LogP) is 3.30. The maximum atomic E-state index is 12.8. The second-order valence-electron chi connectivity index (χ2n) is 8.13. The summed E-state index contributed by atoms with van der Waals surface area (Å²) in [5.41, 5.74) is 2.45. The van der Waals surface area contributed by atoms with Crippen molar-refractivity contribution in [3.63, 3.8) is 0 Å². The molecule has 0 radical (unpaired) electrons. The van der Waals surface area contributed by atoms with Gasteiger partial charge in [0.15, 0.2) is 0 Å². The van der Waals surface area contributed by atoms with Crippen LogP contribution in [-0.4, -0.2) is 48.6 Å². The average molecular weight is 414 g/mol. The van der Waals surface area contributed by atoms with E-state index < -0.39 is 0 Å². The molecule has 2 aliphatic rings. The molecule has 29 heavy (non-hydrogen) atoms. The lowest BCUT2D eigenvalue weighted by Crippen LogP contribution is -2.44. The Morgan fingerprint density at radius 3 is 2.93 bits per heavy atom. The summed E-state index contributed by atoms with van der Waals surface area (Å²) in [5, 5.41) is 3.98. The van der Waals surface area contributed by atoms with Crippen molar-refractivity contribution in [1.29, 1.82) is 0 Å². The molecule has 2 fully saturated rings. The molecule has 0 spiro atoms. The lowest BCUT2D eigenvalue weighted by molar-refractivity contribution is -0.125. The van der Waals surface area contributed by atoms with E-state index in [9.17, 15) is 4.79 Å². The molecule has 0 saturated carbocycles. The normalized spacial score (nSPS) is 22.0. The van der Waals surface area contributed by atoms with E-state index in [1.165, 1.54) is 11.3 Å². The minimum Gasteiger partial charge on any atom is -0.371 e. The van der Waals surface area contributed by atoms with Crippen LogP contribution in [0.1, 0.15) is 24.8 Å². The molecule has 2 saturated heterocycles. The summed E-state index contributed by atoms with van der Waals surface area (Å²) in [6.45, 7) is 6.45. The van der Waals surface area contributed by atoms with Crippen LogP contribution in [0.15, 0.2) is 36.8 Å². The van der Waals surface area contributed by atoms with E-state index in [0.717, 1.165) is 56.3 Å². The summed E-state index contributed by atoms with van der Waals surface area (Å²) in [6.07, 6.45) is 8.16.